The number of amides is 1. The lowest BCUT2D eigenvalue weighted by Crippen LogP contribution is -2.40. The summed E-state index contributed by atoms with van der Waals surface area (Å²) in [5, 5.41) is 3.34. The fourth-order valence-electron chi connectivity index (χ4n) is 3.18. The van der Waals surface area contributed by atoms with Crippen LogP contribution in [0.4, 0.5) is 11.4 Å². The molecule has 0 aromatic heterocycles. The average Bonchev–Trinajstić information content (AvgIpc) is 2.97. The number of carbonyl (C=O) groups excluding carboxylic acids is 1. The molecule has 24 heavy (non-hydrogen) atoms. The van der Waals surface area contributed by atoms with E-state index in [2.05, 4.69) is 56.4 Å². The van der Waals surface area contributed by atoms with Gasteiger partial charge in [-0.1, -0.05) is 51.1 Å². The highest BCUT2D eigenvalue weighted by molar-refractivity contribution is 6.00. The number of rotatable bonds is 3. The molecule has 0 spiro atoms. The molecule has 0 unspecified atom stereocenters. The number of fused-ring (bicyclic) bond motifs is 1. The lowest BCUT2D eigenvalue weighted by molar-refractivity contribution is -0.118. The van der Waals surface area contributed by atoms with Crippen LogP contribution in [0.5, 0.6) is 0 Å². The van der Waals surface area contributed by atoms with Crippen molar-refractivity contribution < 1.29 is 4.79 Å². The molecule has 1 atom stereocenters. The summed E-state index contributed by atoms with van der Waals surface area (Å²) in [5.74, 6) is 0.125. The van der Waals surface area contributed by atoms with Gasteiger partial charge in [0.05, 0.1) is 0 Å². The van der Waals surface area contributed by atoms with Crippen molar-refractivity contribution in [3.05, 3.63) is 59.7 Å². The van der Waals surface area contributed by atoms with Gasteiger partial charge < -0.3 is 10.2 Å². The molecule has 0 aliphatic carbocycles. The molecule has 0 saturated carbocycles. The van der Waals surface area contributed by atoms with Gasteiger partial charge in [-0.15, -0.1) is 0 Å². The van der Waals surface area contributed by atoms with Crippen molar-refractivity contribution in [2.75, 3.05) is 16.8 Å². The maximum atomic E-state index is 12.8. The van der Waals surface area contributed by atoms with Gasteiger partial charge in [0.25, 0.3) is 0 Å². The normalized spacial score (nSPS) is 15.1. The lowest BCUT2D eigenvalue weighted by atomic mass is 9.87. The molecule has 3 heteroatoms. The van der Waals surface area contributed by atoms with Gasteiger partial charge in [0, 0.05) is 17.9 Å². The first-order chi connectivity index (χ1) is 11.4. The third-order valence-electron chi connectivity index (χ3n) is 4.66. The predicted octanol–water partition coefficient (Wildman–Crippen LogP) is 4.37. The van der Waals surface area contributed by atoms with Crippen LogP contribution < -0.4 is 10.2 Å². The minimum absolute atomic E-state index is 0.125. The number of nitrogens with zero attached hydrogens (tertiary/aromatic N) is 1. The first-order valence-electron chi connectivity index (χ1n) is 8.62. The minimum Gasteiger partial charge on any atom is -0.374 e. The van der Waals surface area contributed by atoms with Crippen molar-refractivity contribution >= 4 is 17.3 Å². The summed E-state index contributed by atoms with van der Waals surface area (Å²) in [6, 6.07) is 16.3. The van der Waals surface area contributed by atoms with E-state index in [9.17, 15) is 4.79 Å². The maximum absolute atomic E-state index is 12.8. The number of para-hydroxylation sites is 1. The molecule has 0 fully saturated rings. The molecule has 1 heterocycles. The molecule has 0 radical (unpaired) electrons. The second-order valence-corrected chi connectivity index (χ2v) is 7.56. The summed E-state index contributed by atoms with van der Waals surface area (Å²) in [6.45, 7) is 9.30. The molecular weight excluding hydrogens is 296 g/mol. The van der Waals surface area contributed by atoms with Crippen LogP contribution in [0.3, 0.4) is 0 Å². The zero-order valence-electron chi connectivity index (χ0n) is 15.0. The van der Waals surface area contributed by atoms with E-state index in [4.69, 9.17) is 0 Å². The molecule has 1 N–H and O–H groups in total. The molecule has 0 bridgehead atoms. The Morgan fingerprint density at radius 1 is 1.08 bits per heavy atom. The Balaban J connectivity index is 1.69. The second-order valence-electron chi connectivity index (χ2n) is 7.56. The van der Waals surface area contributed by atoms with E-state index in [-0.39, 0.29) is 17.4 Å². The van der Waals surface area contributed by atoms with E-state index in [1.807, 2.05) is 30.0 Å². The van der Waals surface area contributed by atoms with Gasteiger partial charge in [0.1, 0.15) is 6.04 Å². The van der Waals surface area contributed by atoms with Gasteiger partial charge >= 0.3 is 0 Å². The van der Waals surface area contributed by atoms with Crippen LogP contribution in [0.2, 0.25) is 0 Å². The Labute approximate surface area is 144 Å². The third-order valence-corrected chi connectivity index (χ3v) is 4.66. The summed E-state index contributed by atoms with van der Waals surface area (Å²) in [6.07, 6.45) is 0.939. The van der Waals surface area contributed by atoms with Gasteiger partial charge in [-0.25, -0.2) is 0 Å². The number of hydrogen-bond acceptors (Lipinski definition) is 2. The molecule has 126 valence electrons. The highest BCUT2D eigenvalue weighted by Crippen LogP contribution is 2.28. The number of carbonyl (C=O) groups is 1. The van der Waals surface area contributed by atoms with Crippen LogP contribution >= 0.6 is 0 Å². The predicted molar refractivity (Wildman–Crippen MR) is 101 cm³/mol. The monoisotopic (exact) mass is 322 g/mol. The summed E-state index contributed by atoms with van der Waals surface area (Å²) in [5.41, 5.74) is 4.72. The molecule has 1 aliphatic heterocycles. The Morgan fingerprint density at radius 3 is 2.42 bits per heavy atom. The van der Waals surface area contributed by atoms with E-state index >= 15 is 0 Å². The zero-order chi connectivity index (χ0) is 17.3. The topological polar surface area (TPSA) is 32.3 Å². The quantitative estimate of drug-likeness (QED) is 0.910. The lowest BCUT2D eigenvalue weighted by Gasteiger charge is -2.24. The third kappa shape index (κ3) is 3.30. The maximum Gasteiger partial charge on any atom is 0.249 e. The van der Waals surface area contributed by atoms with E-state index in [1.54, 1.807) is 0 Å². The SMILES string of the molecule is C[C@@H](Nc1ccc(C(C)(C)C)cc1)C(=O)N1CCc2ccccc21. The molecule has 3 rings (SSSR count). The number of nitrogens with one attached hydrogen (secondary N) is 1. The van der Waals surface area contributed by atoms with Crippen molar-refractivity contribution in [2.24, 2.45) is 0 Å². The summed E-state index contributed by atoms with van der Waals surface area (Å²) >= 11 is 0. The fraction of sp³-hybridized carbons (Fsp3) is 0.381. The number of benzene rings is 2. The molecular formula is C21H26N2O. The molecule has 2 aromatic rings. The van der Waals surface area contributed by atoms with Crippen molar-refractivity contribution in [2.45, 2.75) is 45.6 Å². The summed E-state index contributed by atoms with van der Waals surface area (Å²) < 4.78 is 0. The van der Waals surface area contributed by atoms with E-state index < -0.39 is 0 Å². The van der Waals surface area contributed by atoms with Crippen molar-refractivity contribution in [3.63, 3.8) is 0 Å². The Bertz CT molecular complexity index is 728. The smallest absolute Gasteiger partial charge is 0.249 e. The Morgan fingerprint density at radius 2 is 1.75 bits per heavy atom. The molecule has 1 amide bonds. The first kappa shape index (κ1) is 16.6. The van der Waals surface area contributed by atoms with Gasteiger partial charge in [-0.3, -0.25) is 4.79 Å². The van der Waals surface area contributed by atoms with Crippen molar-refractivity contribution in [3.8, 4) is 0 Å². The van der Waals surface area contributed by atoms with Gasteiger partial charge in [-0.2, -0.15) is 0 Å². The van der Waals surface area contributed by atoms with Crippen LogP contribution in [0.15, 0.2) is 48.5 Å². The van der Waals surface area contributed by atoms with E-state index in [0.717, 1.165) is 24.3 Å². The fourth-order valence-corrected chi connectivity index (χ4v) is 3.18. The average molecular weight is 322 g/mol. The van der Waals surface area contributed by atoms with Gasteiger partial charge in [-0.05, 0) is 48.1 Å². The van der Waals surface area contributed by atoms with Gasteiger partial charge in [0.15, 0.2) is 0 Å². The molecule has 0 saturated heterocycles. The van der Waals surface area contributed by atoms with Crippen LogP contribution in [0, 0.1) is 0 Å². The molecule has 3 nitrogen and oxygen atoms in total. The molecule has 1 aliphatic rings. The standard InChI is InChI=1S/C21H26N2O/c1-15(22-18-11-9-17(10-12-18)21(2,3)4)20(24)23-14-13-16-7-5-6-8-19(16)23/h5-12,15,22H,13-14H2,1-4H3/t15-/m1/s1. The van der Waals surface area contributed by atoms with Gasteiger partial charge in [0.2, 0.25) is 5.91 Å². The minimum atomic E-state index is -0.253. The van der Waals surface area contributed by atoms with E-state index in [0.29, 0.717) is 0 Å². The van der Waals surface area contributed by atoms with Crippen molar-refractivity contribution in [1.29, 1.82) is 0 Å². The highest BCUT2D eigenvalue weighted by Gasteiger charge is 2.27. The summed E-state index contributed by atoms with van der Waals surface area (Å²) in [4.78, 5) is 14.7. The number of hydrogen-bond donors (Lipinski definition) is 1. The second kappa shape index (κ2) is 6.31. The van der Waals surface area contributed by atoms with Crippen molar-refractivity contribution in [1.82, 2.24) is 0 Å². The summed E-state index contributed by atoms with van der Waals surface area (Å²) in [7, 11) is 0. The zero-order valence-corrected chi connectivity index (χ0v) is 15.0. The first-order valence-corrected chi connectivity index (χ1v) is 8.62. The van der Waals surface area contributed by atoms with Crippen LogP contribution in [-0.2, 0) is 16.6 Å². The van der Waals surface area contributed by atoms with Crippen LogP contribution in [-0.4, -0.2) is 18.5 Å². The Kier molecular flexibility index (Phi) is 4.35. The largest absolute Gasteiger partial charge is 0.374 e. The molecule has 2 aromatic carbocycles. The Hall–Kier alpha value is -2.29. The highest BCUT2D eigenvalue weighted by atomic mass is 16.2. The number of anilines is 2. The van der Waals surface area contributed by atoms with Crippen LogP contribution in [0.25, 0.3) is 0 Å². The van der Waals surface area contributed by atoms with E-state index in [1.165, 1.54) is 11.1 Å². The van der Waals surface area contributed by atoms with Crippen LogP contribution in [0.1, 0.15) is 38.8 Å².